The first kappa shape index (κ1) is 23.0. The van der Waals surface area contributed by atoms with Crippen molar-refractivity contribution in [3.05, 3.63) is 66.5 Å². The number of primary amides is 1. The van der Waals surface area contributed by atoms with E-state index in [0.717, 1.165) is 56.7 Å². The van der Waals surface area contributed by atoms with Gasteiger partial charge >= 0.3 is 0 Å². The summed E-state index contributed by atoms with van der Waals surface area (Å²) in [7, 11) is 0. The normalized spacial score (nSPS) is 18.6. The molecular formula is C26H31N7O2. The molecule has 1 atom stereocenters. The molecule has 2 aliphatic rings. The molecule has 1 aromatic heterocycles. The number of rotatable bonds is 8. The number of hydrogen-bond acceptors (Lipinski definition) is 8. The highest BCUT2D eigenvalue weighted by molar-refractivity contribution is 5.84. The molecule has 0 aliphatic carbocycles. The maximum Gasteiger partial charge on any atom is 0.240 e. The van der Waals surface area contributed by atoms with Crippen LogP contribution in [0.4, 0.5) is 23.3 Å². The predicted molar refractivity (Wildman–Crippen MR) is 136 cm³/mol. The van der Waals surface area contributed by atoms with Crippen LogP contribution < -0.4 is 20.9 Å². The molecule has 0 bridgehead atoms. The van der Waals surface area contributed by atoms with Crippen LogP contribution in [0, 0.1) is 0 Å². The number of carbonyl (C=O) groups is 1. The number of aromatic nitrogens is 3. The molecule has 0 saturated carbocycles. The van der Waals surface area contributed by atoms with Gasteiger partial charge in [-0.3, -0.25) is 4.79 Å². The van der Waals surface area contributed by atoms with Gasteiger partial charge in [-0.1, -0.05) is 36.4 Å². The molecule has 182 valence electrons. The molecule has 3 aromatic rings. The summed E-state index contributed by atoms with van der Waals surface area (Å²) < 4.78 is 6.11. The average molecular weight is 474 g/mol. The molecule has 0 radical (unpaired) electrons. The number of hydrogen-bond donors (Lipinski definition) is 2. The van der Waals surface area contributed by atoms with E-state index < -0.39 is 0 Å². The SMILES string of the molecule is NC(=O)[C@H]1CCCN1c1cccc(Nc2ncnc(N3CCC(OCc4ccccc4)CC3)n2)c1. The van der Waals surface area contributed by atoms with Crippen molar-refractivity contribution in [2.45, 2.75) is 44.4 Å². The molecule has 35 heavy (non-hydrogen) atoms. The van der Waals surface area contributed by atoms with Gasteiger partial charge in [0.1, 0.15) is 12.4 Å². The lowest BCUT2D eigenvalue weighted by Crippen LogP contribution is -2.40. The van der Waals surface area contributed by atoms with E-state index in [0.29, 0.717) is 18.5 Å². The van der Waals surface area contributed by atoms with Crippen LogP contribution in [0.25, 0.3) is 0 Å². The van der Waals surface area contributed by atoms with Crippen LogP contribution >= 0.6 is 0 Å². The first-order chi connectivity index (χ1) is 17.2. The zero-order chi connectivity index (χ0) is 24.0. The van der Waals surface area contributed by atoms with Gasteiger partial charge in [-0.2, -0.15) is 4.98 Å². The molecule has 9 nitrogen and oxygen atoms in total. The van der Waals surface area contributed by atoms with E-state index in [1.165, 1.54) is 11.9 Å². The summed E-state index contributed by atoms with van der Waals surface area (Å²) in [6.07, 6.45) is 5.38. The Balaban J connectivity index is 1.18. The molecule has 5 rings (SSSR count). The fraction of sp³-hybridized carbons (Fsp3) is 0.385. The second kappa shape index (κ2) is 10.7. The third-order valence-corrected chi connectivity index (χ3v) is 6.63. The molecule has 2 saturated heterocycles. The molecule has 9 heteroatoms. The standard InChI is InChI=1S/C26H31N7O2/c27-24(34)23-10-5-13-33(23)21-9-4-8-20(16-21)30-25-28-18-29-26(31-25)32-14-11-22(12-15-32)35-17-19-6-2-1-3-7-19/h1-4,6-9,16,18,22-23H,5,10-15,17H2,(H2,27,34)(H,28,29,30,31)/t23-/m1/s1. The van der Waals surface area contributed by atoms with Gasteiger partial charge in [0.25, 0.3) is 0 Å². The van der Waals surface area contributed by atoms with Crippen molar-refractivity contribution in [3.63, 3.8) is 0 Å². The van der Waals surface area contributed by atoms with Crippen molar-refractivity contribution in [2.75, 3.05) is 34.8 Å². The molecule has 0 spiro atoms. The maximum absolute atomic E-state index is 11.8. The lowest BCUT2D eigenvalue weighted by molar-refractivity contribution is -0.119. The van der Waals surface area contributed by atoms with Crippen LogP contribution in [0.3, 0.4) is 0 Å². The topological polar surface area (TPSA) is 110 Å². The molecular weight excluding hydrogens is 442 g/mol. The summed E-state index contributed by atoms with van der Waals surface area (Å²) in [5.74, 6) is 0.869. The van der Waals surface area contributed by atoms with Crippen molar-refractivity contribution in [1.82, 2.24) is 15.0 Å². The van der Waals surface area contributed by atoms with Gasteiger partial charge < -0.3 is 25.6 Å². The van der Waals surface area contributed by atoms with Crippen LogP contribution in [0.5, 0.6) is 0 Å². The van der Waals surface area contributed by atoms with Gasteiger partial charge in [-0.25, -0.2) is 9.97 Å². The van der Waals surface area contributed by atoms with Gasteiger partial charge in [-0.15, -0.1) is 0 Å². The van der Waals surface area contributed by atoms with Crippen LogP contribution in [-0.4, -0.2) is 52.6 Å². The molecule has 2 aliphatic heterocycles. The Bertz CT molecular complexity index is 1140. The van der Waals surface area contributed by atoms with E-state index in [4.69, 9.17) is 10.5 Å². The number of nitrogens with zero attached hydrogens (tertiary/aromatic N) is 5. The predicted octanol–water partition coefficient (Wildman–Crippen LogP) is 3.25. The number of nitrogens with two attached hydrogens (primary N) is 1. The number of ether oxygens (including phenoxy) is 1. The third kappa shape index (κ3) is 5.68. The summed E-state index contributed by atoms with van der Waals surface area (Å²) in [6, 6.07) is 17.9. The van der Waals surface area contributed by atoms with Gasteiger partial charge in [0, 0.05) is 31.0 Å². The van der Waals surface area contributed by atoms with Crippen LogP contribution in [0.2, 0.25) is 0 Å². The van der Waals surface area contributed by atoms with E-state index in [1.807, 2.05) is 42.5 Å². The van der Waals surface area contributed by atoms with Crippen molar-refractivity contribution in [3.8, 4) is 0 Å². The molecule has 0 unspecified atom stereocenters. The largest absolute Gasteiger partial charge is 0.373 e. The van der Waals surface area contributed by atoms with Gasteiger partial charge in [-0.05, 0) is 49.4 Å². The van der Waals surface area contributed by atoms with E-state index >= 15 is 0 Å². The third-order valence-electron chi connectivity index (χ3n) is 6.63. The summed E-state index contributed by atoms with van der Waals surface area (Å²) in [5.41, 5.74) is 8.60. The minimum Gasteiger partial charge on any atom is -0.373 e. The smallest absolute Gasteiger partial charge is 0.240 e. The van der Waals surface area contributed by atoms with E-state index in [2.05, 4.69) is 42.2 Å². The van der Waals surface area contributed by atoms with Crippen LogP contribution in [0.1, 0.15) is 31.2 Å². The van der Waals surface area contributed by atoms with E-state index in [1.54, 1.807) is 0 Å². The molecule has 2 aromatic carbocycles. The Kier molecular flexibility index (Phi) is 7.04. The number of benzene rings is 2. The summed E-state index contributed by atoms with van der Waals surface area (Å²) in [4.78, 5) is 29.4. The lowest BCUT2D eigenvalue weighted by Gasteiger charge is -2.32. The monoisotopic (exact) mass is 473 g/mol. The highest BCUT2D eigenvalue weighted by Crippen LogP contribution is 2.28. The Morgan fingerprint density at radius 2 is 1.86 bits per heavy atom. The number of nitrogens with one attached hydrogen (secondary N) is 1. The molecule has 1 amide bonds. The lowest BCUT2D eigenvalue weighted by atomic mass is 10.1. The van der Waals surface area contributed by atoms with Gasteiger partial charge in [0.15, 0.2) is 0 Å². The summed E-state index contributed by atoms with van der Waals surface area (Å²) >= 11 is 0. The number of anilines is 4. The molecule has 3 heterocycles. The minimum atomic E-state index is -0.280. The Hall–Kier alpha value is -3.72. The Morgan fingerprint density at radius 3 is 2.66 bits per heavy atom. The van der Waals surface area contributed by atoms with E-state index in [9.17, 15) is 4.79 Å². The second-order valence-electron chi connectivity index (χ2n) is 9.02. The quantitative estimate of drug-likeness (QED) is 0.513. The van der Waals surface area contributed by atoms with Crippen molar-refractivity contribution < 1.29 is 9.53 Å². The molecule has 2 fully saturated rings. The first-order valence-corrected chi connectivity index (χ1v) is 12.2. The van der Waals surface area contributed by atoms with E-state index in [-0.39, 0.29) is 18.1 Å². The van der Waals surface area contributed by atoms with Crippen molar-refractivity contribution in [2.24, 2.45) is 5.73 Å². The van der Waals surface area contributed by atoms with Crippen LogP contribution in [-0.2, 0) is 16.1 Å². The Morgan fingerprint density at radius 1 is 1.03 bits per heavy atom. The minimum absolute atomic E-state index is 0.239. The highest BCUT2D eigenvalue weighted by Gasteiger charge is 2.29. The molecule has 3 N–H and O–H groups in total. The van der Waals surface area contributed by atoms with Crippen LogP contribution in [0.15, 0.2) is 60.9 Å². The fourth-order valence-electron chi connectivity index (χ4n) is 4.77. The Labute approximate surface area is 205 Å². The number of carbonyl (C=O) groups excluding carboxylic acids is 1. The van der Waals surface area contributed by atoms with Gasteiger partial charge in [0.2, 0.25) is 17.8 Å². The summed E-state index contributed by atoms with van der Waals surface area (Å²) in [6.45, 7) is 3.13. The first-order valence-electron chi connectivity index (χ1n) is 12.2. The van der Waals surface area contributed by atoms with Crippen molar-refractivity contribution in [1.29, 1.82) is 0 Å². The highest BCUT2D eigenvalue weighted by atomic mass is 16.5. The fourth-order valence-corrected chi connectivity index (χ4v) is 4.77. The average Bonchev–Trinajstić information content (AvgIpc) is 3.40. The van der Waals surface area contributed by atoms with Gasteiger partial charge in [0.05, 0.1) is 12.7 Å². The number of piperidine rings is 1. The summed E-state index contributed by atoms with van der Waals surface area (Å²) in [5, 5.41) is 3.28. The second-order valence-corrected chi connectivity index (χ2v) is 9.02. The maximum atomic E-state index is 11.8. The van der Waals surface area contributed by atoms with Crippen molar-refractivity contribution >= 4 is 29.2 Å². The zero-order valence-corrected chi connectivity index (χ0v) is 19.7. The zero-order valence-electron chi connectivity index (χ0n) is 19.7. The number of amides is 1.